The maximum Gasteiger partial charge on any atom is 0.407 e. The van der Waals surface area contributed by atoms with E-state index >= 15 is 0 Å². The lowest BCUT2D eigenvalue weighted by atomic mass is 9.83. The summed E-state index contributed by atoms with van der Waals surface area (Å²) in [4.78, 5) is 22.7. The number of aryl methyl sites for hydroxylation is 1. The number of amides is 2. The Kier molecular flexibility index (Phi) is 8.73. The van der Waals surface area contributed by atoms with Crippen LogP contribution in [0.15, 0.2) is 54.6 Å². The highest BCUT2D eigenvalue weighted by atomic mass is 32.2. The number of carbonyl (C=O) groups excluding carboxylic acids is 1. The van der Waals surface area contributed by atoms with Crippen LogP contribution in [-0.2, 0) is 16.4 Å². The molecule has 2 aromatic rings. The fourth-order valence-corrected chi connectivity index (χ4v) is 4.65. The molecule has 0 bridgehead atoms. The monoisotopic (exact) mass is 465 g/mol. The van der Waals surface area contributed by atoms with Crippen molar-refractivity contribution in [2.75, 3.05) is 19.3 Å². The van der Waals surface area contributed by atoms with Gasteiger partial charge < -0.3 is 15.7 Å². The van der Waals surface area contributed by atoms with Gasteiger partial charge in [-0.2, -0.15) is 0 Å². The Morgan fingerprint density at radius 1 is 1.09 bits per heavy atom. The molecule has 1 aliphatic rings. The molecule has 3 rings (SSSR count). The van der Waals surface area contributed by atoms with E-state index in [2.05, 4.69) is 4.72 Å². The van der Waals surface area contributed by atoms with Gasteiger partial charge in [-0.3, -0.25) is 4.79 Å². The first-order chi connectivity index (χ1) is 15.0. The van der Waals surface area contributed by atoms with Gasteiger partial charge in [0, 0.05) is 24.2 Å². The maximum atomic E-state index is 12.9. The van der Waals surface area contributed by atoms with Gasteiger partial charge in [0.05, 0.1) is 6.26 Å². The van der Waals surface area contributed by atoms with Crippen LogP contribution in [0, 0.1) is 5.82 Å². The number of hydrogen-bond acceptors (Lipinski definition) is 4. The highest BCUT2D eigenvalue weighted by Crippen LogP contribution is 2.28. The van der Waals surface area contributed by atoms with E-state index in [4.69, 9.17) is 10.8 Å². The summed E-state index contributed by atoms with van der Waals surface area (Å²) in [6, 6.07) is 14.9. The zero-order chi connectivity index (χ0) is 23.8. The summed E-state index contributed by atoms with van der Waals surface area (Å²) in [6.45, 7) is 0.586. The Labute approximate surface area is 187 Å². The van der Waals surface area contributed by atoms with Crippen molar-refractivity contribution in [3.05, 3.63) is 71.5 Å². The van der Waals surface area contributed by atoms with E-state index < -0.39 is 21.7 Å². The largest absolute Gasteiger partial charge is 0.465 e. The summed E-state index contributed by atoms with van der Waals surface area (Å²) >= 11 is 0. The number of nitrogens with zero attached hydrogens (tertiary/aromatic N) is 1. The molecular weight excluding hydrogens is 437 g/mol. The Bertz CT molecular complexity index is 1010. The number of nitrogens with two attached hydrogens (primary N) is 1. The van der Waals surface area contributed by atoms with Crippen LogP contribution >= 0.6 is 0 Å². The van der Waals surface area contributed by atoms with Crippen LogP contribution in [0.1, 0.15) is 35.2 Å². The third-order valence-electron chi connectivity index (χ3n) is 5.26. The molecule has 0 aliphatic carbocycles. The second-order valence-corrected chi connectivity index (χ2v) is 9.53. The second kappa shape index (κ2) is 11.1. The zero-order valence-electron chi connectivity index (χ0n) is 17.8. The molecule has 0 unspecified atom stereocenters. The van der Waals surface area contributed by atoms with Gasteiger partial charge in [0.2, 0.25) is 15.9 Å². The number of hydrogen-bond donors (Lipinski definition) is 3. The lowest BCUT2D eigenvalue weighted by Gasteiger charge is -2.41. The number of piperidine rings is 1. The SMILES string of the molecule is CS(=O)(=O)NC1(CCc2ccc(F)cc2)CCN(C(=O)O)CC1.NC(=O)c1ccccc1. The number of primary amides is 1. The van der Waals surface area contributed by atoms with Gasteiger partial charge in [-0.25, -0.2) is 22.3 Å². The molecule has 2 aromatic carbocycles. The molecule has 174 valence electrons. The molecule has 2 amide bonds. The van der Waals surface area contributed by atoms with Gasteiger partial charge in [0.15, 0.2) is 0 Å². The first-order valence-corrected chi connectivity index (χ1v) is 11.9. The van der Waals surface area contributed by atoms with Crippen LogP contribution in [0.5, 0.6) is 0 Å². The van der Waals surface area contributed by atoms with Crippen molar-refractivity contribution in [1.82, 2.24) is 9.62 Å². The first-order valence-electron chi connectivity index (χ1n) is 10.1. The lowest BCUT2D eigenvalue weighted by Crippen LogP contribution is -2.56. The van der Waals surface area contributed by atoms with Crippen LogP contribution < -0.4 is 10.5 Å². The number of benzene rings is 2. The van der Waals surface area contributed by atoms with E-state index in [0.717, 1.165) is 11.8 Å². The number of likely N-dealkylation sites (tertiary alicyclic amines) is 1. The van der Waals surface area contributed by atoms with E-state index in [-0.39, 0.29) is 11.7 Å². The first kappa shape index (κ1) is 25.3. The summed E-state index contributed by atoms with van der Waals surface area (Å²) in [5.74, 6) is -0.692. The smallest absolute Gasteiger partial charge is 0.407 e. The maximum absolute atomic E-state index is 12.9. The molecule has 0 radical (unpaired) electrons. The minimum absolute atomic E-state index is 0.293. The molecule has 10 heteroatoms. The Morgan fingerprint density at radius 3 is 2.09 bits per heavy atom. The third-order valence-corrected chi connectivity index (χ3v) is 6.06. The fourth-order valence-electron chi connectivity index (χ4n) is 3.56. The summed E-state index contributed by atoms with van der Waals surface area (Å²) in [5, 5.41) is 9.03. The Balaban J connectivity index is 0.000000336. The van der Waals surface area contributed by atoms with E-state index in [1.165, 1.54) is 17.0 Å². The second-order valence-electron chi connectivity index (χ2n) is 7.78. The summed E-state index contributed by atoms with van der Waals surface area (Å²) in [6.07, 6.45) is 2.10. The number of carbonyl (C=O) groups is 2. The molecule has 1 saturated heterocycles. The average Bonchev–Trinajstić information content (AvgIpc) is 2.74. The van der Waals surface area contributed by atoms with Gasteiger partial charge in [-0.15, -0.1) is 0 Å². The van der Waals surface area contributed by atoms with Crippen molar-refractivity contribution < 1.29 is 27.5 Å². The Hall–Kier alpha value is -2.98. The topological polar surface area (TPSA) is 130 Å². The van der Waals surface area contributed by atoms with E-state index in [1.54, 1.807) is 36.4 Å². The summed E-state index contributed by atoms with van der Waals surface area (Å²) in [7, 11) is -3.41. The molecule has 0 aromatic heterocycles. The van der Waals surface area contributed by atoms with Crippen LogP contribution in [0.4, 0.5) is 9.18 Å². The quantitative estimate of drug-likeness (QED) is 0.604. The predicted octanol–water partition coefficient (Wildman–Crippen LogP) is 2.61. The molecule has 1 heterocycles. The minimum atomic E-state index is -3.41. The Morgan fingerprint density at radius 2 is 1.66 bits per heavy atom. The van der Waals surface area contributed by atoms with Gasteiger partial charge in [0.1, 0.15) is 5.82 Å². The van der Waals surface area contributed by atoms with Gasteiger partial charge in [0.25, 0.3) is 0 Å². The molecule has 8 nitrogen and oxygen atoms in total. The van der Waals surface area contributed by atoms with E-state index in [9.17, 15) is 22.4 Å². The summed E-state index contributed by atoms with van der Waals surface area (Å²) in [5.41, 5.74) is 5.79. The van der Waals surface area contributed by atoms with E-state index in [0.29, 0.717) is 44.3 Å². The summed E-state index contributed by atoms with van der Waals surface area (Å²) < 4.78 is 39.0. The molecule has 0 saturated carbocycles. The average molecular weight is 466 g/mol. The van der Waals surface area contributed by atoms with Gasteiger partial charge in [-0.1, -0.05) is 30.3 Å². The molecular formula is C22H28FN3O5S. The van der Waals surface area contributed by atoms with Gasteiger partial charge in [-0.05, 0) is 55.5 Å². The third kappa shape index (κ3) is 8.27. The van der Waals surface area contributed by atoms with Crippen molar-refractivity contribution in [3.8, 4) is 0 Å². The fraction of sp³-hybridized carbons (Fsp3) is 0.364. The number of halogens is 1. The van der Waals surface area contributed by atoms with Crippen molar-refractivity contribution in [2.24, 2.45) is 5.73 Å². The van der Waals surface area contributed by atoms with Crippen LogP contribution in [0.2, 0.25) is 0 Å². The molecule has 1 fully saturated rings. The predicted molar refractivity (Wildman–Crippen MR) is 119 cm³/mol. The lowest BCUT2D eigenvalue weighted by molar-refractivity contribution is 0.0999. The molecule has 4 N–H and O–H groups in total. The number of sulfonamides is 1. The van der Waals surface area contributed by atoms with Crippen LogP contribution in [0.25, 0.3) is 0 Å². The number of carboxylic acid groups (broad SMARTS) is 1. The zero-order valence-corrected chi connectivity index (χ0v) is 18.6. The minimum Gasteiger partial charge on any atom is -0.465 e. The van der Waals surface area contributed by atoms with Crippen molar-refractivity contribution in [2.45, 2.75) is 31.2 Å². The van der Waals surface area contributed by atoms with Gasteiger partial charge >= 0.3 is 6.09 Å². The van der Waals surface area contributed by atoms with Crippen LogP contribution in [0.3, 0.4) is 0 Å². The standard InChI is InChI=1S/C15H21FN2O4S.C7H7NO/c1-23(21,22)17-15(8-10-18(11-9-15)14(19)20)7-6-12-2-4-13(16)5-3-12;8-7(9)6-4-2-1-3-5-6/h2-5,17H,6-11H2,1H3,(H,19,20);1-5H,(H2,8,9). The van der Waals surface area contributed by atoms with Crippen molar-refractivity contribution >= 4 is 22.0 Å². The number of rotatable bonds is 6. The van der Waals surface area contributed by atoms with Crippen LogP contribution in [-0.4, -0.2) is 55.3 Å². The molecule has 32 heavy (non-hydrogen) atoms. The molecule has 0 atom stereocenters. The van der Waals surface area contributed by atoms with Crippen molar-refractivity contribution in [1.29, 1.82) is 0 Å². The highest BCUT2D eigenvalue weighted by Gasteiger charge is 2.37. The molecule has 1 aliphatic heterocycles. The normalized spacial score (nSPS) is 15.4. The molecule has 0 spiro atoms. The number of nitrogens with one attached hydrogen (secondary N) is 1. The van der Waals surface area contributed by atoms with E-state index in [1.807, 2.05) is 6.07 Å². The van der Waals surface area contributed by atoms with Crippen molar-refractivity contribution in [3.63, 3.8) is 0 Å². The highest BCUT2D eigenvalue weighted by molar-refractivity contribution is 7.88.